The van der Waals surface area contributed by atoms with E-state index in [1.807, 2.05) is 12.2 Å². The Kier molecular flexibility index (Phi) is 2.70. The zero-order valence-corrected chi connectivity index (χ0v) is 8.95. The van der Waals surface area contributed by atoms with Gasteiger partial charge >= 0.3 is 5.97 Å². The number of esters is 1. The quantitative estimate of drug-likeness (QED) is 0.582. The molecular formula is C11H10O3S. The van der Waals surface area contributed by atoms with Crippen LogP contribution < -0.4 is 5.22 Å². The molecule has 15 heavy (non-hydrogen) atoms. The van der Waals surface area contributed by atoms with Crippen molar-refractivity contribution in [2.45, 2.75) is 0 Å². The van der Waals surface area contributed by atoms with Crippen LogP contribution in [0.3, 0.4) is 0 Å². The van der Waals surface area contributed by atoms with Gasteiger partial charge in [0.2, 0.25) is 0 Å². The van der Waals surface area contributed by atoms with Crippen LogP contribution in [0.1, 0.15) is 10.4 Å². The minimum atomic E-state index is -0.914. The first-order chi connectivity index (χ1) is 7.22. The van der Waals surface area contributed by atoms with Gasteiger partial charge in [-0.1, -0.05) is 18.2 Å². The van der Waals surface area contributed by atoms with Crippen molar-refractivity contribution < 1.29 is 14.1 Å². The third kappa shape index (κ3) is 1.86. The zero-order valence-electron chi connectivity index (χ0n) is 8.14. The van der Waals surface area contributed by atoms with Crippen molar-refractivity contribution in [1.82, 2.24) is 0 Å². The summed E-state index contributed by atoms with van der Waals surface area (Å²) >= 11 is 0. The maximum Gasteiger partial charge on any atom is 0.337 e. The largest absolute Gasteiger partial charge is 0.465 e. The third-order valence-electron chi connectivity index (χ3n) is 2.14. The molecule has 0 fully saturated rings. The molecule has 1 aliphatic heterocycles. The summed E-state index contributed by atoms with van der Waals surface area (Å²) in [6.45, 7) is 0. The average Bonchev–Trinajstić information content (AvgIpc) is 2.28. The van der Waals surface area contributed by atoms with E-state index in [0.29, 0.717) is 5.56 Å². The van der Waals surface area contributed by atoms with Gasteiger partial charge in [-0.25, -0.2) is 4.79 Å². The number of carbonyl (C=O) groups is 1. The smallest absolute Gasteiger partial charge is 0.337 e. The maximum absolute atomic E-state index is 11.3. The van der Waals surface area contributed by atoms with E-state index >= 15 is 0 Å². The van der Waals surface area contributed by atoms with Gasteiger partial charge < -0.3 is 9.29 Å². The summed E-state index contributed by atoms with van der Waals surface area (Å²) in [5.74, 6) is -0.385. The van der Waals surface area contributed by atoms with E-state index in [0.717, 1.165) is 9.73 Å². The second kappa shape index (κ2) is 4.00. The Hall–Kier alpha value is -1.39. The summed E-state index contributed by atoms with van der Waals surface area (Å²) in [5.41, 5.74) is 0.464. The van der Waals surface area contributed by atoms with Gasteiger partial charge in [0.1, 0.15) is 0 Å². The molecule has 0 bridgehead atoms. The number of methoxy groups -OCH3 is 1. The normalized spacial score (nSPS) is 17.9. The highest BCUT2D eigenvalue weighted by Gasteiger charge is 2.05. The molecule has 1 heterocycles. The third-order valence-corrected chi connectivity index (χ3v) is 3.36. The number of benzene rings is 1. The van der Waals surface area contributed by atoms with E-state index in [2.05, 4.69) is 4.74 Å². The first kappa shape index (κ1) is 10.1. The van der Waals surface area contributed by atoms with Gasteiger partial charge in [-0.05, 0) is 33.5 Å². The molecule has 0 amide bonds. The SMILES string of the molecule is COC(=O)c1ccc2c(c1)=S(O)C=CC=2. The number of hydrogen-bond donors (Lipinski definition) is 1. The highest BCUT2D eigenvalue weighted by molar-refractivity contribution is 8.07. The Labute approximate surface area is 89.4 Å². The summed E-state index contributed by atoms with van der Waals surface area (Å²) in [6, 6.07) is 5.17. The molecule has 0 aromatic heterocycles. The average molecular weight is 222 g/mol. The molecule has 0 aliphatic carbocycles. The zero-order chi connectivity index (χ0) is 10.8. The summed E-state index contributed by atoms with van der Waals surface area (Å²) in [4.78, 5) is 11.3. The van der Waals surface area contributed by atoms with Crippen LogP contribution in [-0.2, 0) is 4.74 Å². The first-order valence-corrected chi connectivity index (χ1v) is 5.63. The Balaban J connectivity index is 2.68. The lowest BCUT2D eigenvalue weighted by Crippen LogP contribution is -2.08. The maximum atomic E-state index is 11.3. The molecule has 78 valence electrons. The van der Waals surface area contributed by atoms with Crippen molar-refractivity contribution >= 4 is 22.8 Å². The van der Waals surface area contributed by atoms with E-state index in [4.69, 9.17) is 0 Å². The van der Waals surface area contributed by atoms with Gasteiger partial charge in [-0.15, -0.1) is 0 Å². The van der Waals surface area contributed by atoms with Crippen molar-refractivity contribution in [3.63, 3.8) is 0 Å². The van der Waals surface area contributed by atoms with Crippen LogP contribution in [0.25, 0.3) is 6.08 Å². The molecular weight excluding hydrogens is 212 g/mol. The fourth-order valence-corrected chi connectivity index (χ4v) is 2.39. The topological polar surface area (TPSA) is 46.5 Å². The van der Waals surface area contributed by atoms with Crippen molar-refractivity contribution in [1.29, 1.82) is 0 Å². The molecule has 2 rings (SSSR count). The lowest BCUT2D eigenvalue weighted by Gasteiger charge is -2.03. The van der Waals surface area contributed by atoms with E-state index in [-0.39, 0.29) is 5.97 Å². The summed E-state index contributed by atoms with van der Waals surface area (Å²) in [7, 11) is 0.426. The minimum Gasteiger partial charge on any atom is -0.465 e. The van der Waals surface area contributed by atoms with Crippen LogP contribution in [-0.4, -0.2) is 17.6 Å². The van der Waals surface area contributed by atoms with Crippen LogP contribution in [0.2, 0.25) is 0 Å². The lowest BCUT2D eigenvalue weighted by atomic mass is 10.2. The number of carbonyl (C=O) groups excluding carboxylic acids is 1. The number of rotatable bonds is 1. The Bertz CT molecular complexity index is 558. The monoisotopic (exact) mass is 222 g/mol. The van der Waals surface area contributed by atoms with Crippen molar-refractivity contribution in [2.24, 2.45) is 0 Å². The molecule has 4 heteroatoms. The van der Waals surface area contributed by atoms with Gasteiger partial charge in [-0.2, -0.15) is 0 Å². The highest BCUT2D eigenvalue weighted by atomic mass is 32.2. The molecule has 0 radical (unpaired) electrons. The standard InChI is InChI=1S/C11H10O3S/c1-14-11(12)9-5-4-8-3-2-6-15(13)10(8)7-9/h2-7,13H,1H3. The van der Waals surface area contributed by atoms with Crippen LogP contribution >= 0.6 is 10.8 Å². The second-order valence-electron chi connectivity index (χ2n) is 3.05. The van der Waals surface area contributed by atoms with Crippen molar-refractivity contribution in [3.05, 3.63) is 45.0 Å². The molecule has 1 atom stereocenters. The summed E-state index contributed by atoms with van der Waals surface area (Å²) in [5, 5.41) is 2.64. The molecule has 0 saturated heterocycles. The number of allylic oxidation sites excluding steroid dienone is 1. The molecule has 3 nitrogen and oxygen atoms in total. The van der Waals surface area contributed by atoms with Crippen LogP contribution in [0.15, 0.2) is 29.7 Å². The molecule has 0 spiro atoms. The Morgan fingerprint density at radius 2 is 2.27 bits per heavy atom. The van der Waals surface area contributed by atoms with Crippen LogP contribution in [0.4, 0.5) is 0 Å². The number of fused-ring (bicyclic) bond motifs is 1. The van der Waals surface area contributed by atoms with E-state index < -0.39 is 10.8 Å². The van der Waals surface area contributed by atoms with Gasteiger partial charge in [0.15, 0.2) is 0 Å². The van der Waals surface area contributed by atoms with E-state index in [9.17, 15) is 9.35 Å². The van der Waals surface area contributed by atoms with Crippen molar-refractivity contribution in [3.8, 4) is 0 Å². The minimum absolute atomic E-state index is 0.385. The molecule has 1 aromatic carbocycles. The predicted octanol–water partition coefficient (Wildman–Crippen LogP) is 1.77. The molecule has 0 saturated carbocycles. The van der Waals surface area contributed by atoms with Gasteiger partial charge in [0, 0.05) is 4.51 Å². The van der Waals surface area contributed by atoms with E-state index in [1.165, 1.54) is 7.11 Å². The highest BCUT2D eigenvalue weighted by Crippen LogP contribution is 2.16. The molecule has 1 N–H and O–H groups in total. The van der Waals surface area contributed by atoms with Gasteiger partial charge in [0.25, 0.3) is 0 Å². The summed E-state index contributed by atoms with van der Waals surface area (Å²) < 4.78 is 15.1. The second-order valence-corrected chi connectivity index (χ2v) is 4.40. The van der Waals surface area contributed by atoms with Crippen LogP contribution in [0, 0.1) is 4.51 Å². The van der Waals surface area contributed by atoms with Crippen molar-refractivity contribution in [2.75, 3.05) is 7.11 Å². The predicted molar refractivity (Wildman–Crippen MR) is 60.1 cm³/mol. The van der Waals surface area contributed by atoms with Gasteiger partial charge in [0.05, 0.1) is 12.7 Å². The van der Waals surface area contributed by atoms with E-state index in [1.54, 1.807) is 23.6 Å². The van der Waals surface area contributed by atoms with Crippen LogP contribution in [0.5, 0.6) is 0 Å². The fourth-order valence-electron chi connectivity index (χ4n) is 1.39. The fraction of sp³-hybridized carbons (Fsp3) is 0.0909. The number of ether oxygens (including phenoxy) is 1. The first-order valence-electron chi connectivity index (χ1n) is 4.38. The van der Waals surface area contributed by atoms with Gasteiger partial charge in [-0.3, -0.25) is 0 Å². The Morgan fingerprint density at radius 3 is 3.00 bits per heavy atom. The molecule has 1 aliphatic rings. The molecule has 1 aromatic rings. The molecule has 1 unspecified atom stereocenters. The Morgan fingerprint density at radius 1 is 1.47 bits per heavy atom. The lowest BCUT2D eigenvalue weighted by molar-refractivity contribution is 0.0600. The summed E-state index contributed by atoms with van der Waals surface area (Å²) in [6.07, 6.45) is 3.71. The number of hydrogen-bond acceptors (Lipinski definition) is 3.